The van der Waals surface area contributed by atoms with Crippen LogP contribution in [-0.2, 0) is 4.79 Å². The highest BCUT2D eigenvalue weighted by Crippen LogP contribution is 2.27. The van der Waals surface area contributed by atoms with E-state index in [1.54, 1.807) is 30.3 Å². The third-order valence-corrected chi connectivity index (χ3v) is 3.95. The normalized spacial score (nSPS) is 10.9. The molecule has 0 aliphatic rings. The van der Waals surface area contributed by atoms with Crippen molar-refractivity contribution in [2.24, 2.45) is 0 Å². The Kier molecular flexibility index (Phi) is 6.72. The molecule has 7 heteroatoms. The highest BCUT2D eigenvalue weighted by Gasteiger charge is 2.12. The summed E-state index contributed by atoms with van der Waals surface area (Å²) in [6, 6.07) is 11.5. The Morgan fingerprint density at radius 2 is 1.96 bits per heavy atom. The zero-order valence-electron chi connectivity index (χ0n) is 13.1. The van der Waals surface area contributed by atoms with E-state index in [-0.39, 0.29) is 10.6 Å². The van der Waals surface area contributed by atoms with Gasteiger partial charge in [0, 0.05) is 5.02 Å². The molecule has 0 aromatic heterocycles. The third kappa shape index (κ3) is 5.14. The number of carbonyl (C=O) groups is 1. The molecule has 0 atom stereocenters. The van der Waals surface area contributed by atoms with Crippen molar-refractivity contribution in [3.63, 3.8) is 0 Å². The summed E-state index contributed by atoms with van der Waals surface area (Å²) in [5.41, 5.74) is 0.871. The van der Waals surface area contributed by atoms with Crippen LogP contribution in [0, 0.1) is 11.3 Å². The molecule has 2 aromatic rings. The summed E-state index contributed by atoms with van der Waals surface area (Å²) in [6.45, 7) is 2.34. The van der Waals surface area contributed by atoms with E-state index in [0.717, 1.165) is 0 Å². The molecule has 0 aliphatic carbocycles. The lowest BCUT2D eigenvalue weighted by molar-refractivity contribution is -0.112. The van der Waals surface area contributed by atoms with Crippen LogP contribution in [0.4, 0.5) is 5.69 Å². The van der Waals surface area contributed by atoms with Gasteiger partial charge >= 0.3 is 0 Å². The standard InChI is InChI=1S/C18H13Cl3N2O2/c1-2-25-17-6-3-11(8-15(17)21)7-12(10-22)18(24)23-16-5-4-13(19)9-14(16)20/h3-9H,2H2,1H3,(H,23,24)/b12-7-. The number of ether oxygens (including phenoxy) is 1. The number of halogens is 3. The zero-order chi connectivity index (χ0) is 18.4. The predicted octanol–water partition coefficient (Wildman–Crippen LogP) is 5.59. The molecule has 1 amide bonds. The Bertz CT molecular complexity index is 873. The van der Waals surface area contributed by atoms with Crippen LogP contribution in [0.2, 0.25) is 15.1 Å². The van der Waals surface area contributed by atoms with E-state index in [4.69, 9.17) is 39.5 Å². The minimum absolute atomic E-state index is 0.0914. The van der Waals surface area contributed by atoms with Gasteiger partial charge in [-0.15, -0.1) is 0 Å². The summed E-state index contributed by atoms with van der Waals surface area (Å²) in [6.07, 6.45) is 1.43. The van der Waals surface area contributed by atoms with Crippen molar-refractivity contribution >= 4 is 52.5 Å². The topological polar surface area (TPSA) is 62.1 Å². The summed E-state index contributed by atoms with van der Waals surface area (Å²) in [4.78, 5) is 12.3. The first kappa shape index (κ1) is 19.1. The van der Waals surface area contributed by atoms with Gasteiger partial charge in [-0.1, -0.05) is 40.9 Å². The van der Waals surface area contributed by atoms with Crippen molar-refractivity contribution in [3.05, 3.63) is 62.6 Å². The number of nitrogens with one attached hydrogen (secondary N) is 1. The van der Waals surface area contributed by atoms with Gasteiger partial charge < -0.3 is 10.1 Å². The minimum Gasteiger partial charge on any atom is -0.492 e. The highest BCUT2D eigenvalue weighted by atomic mass is 35.5. The molecular formula is C18H13Cl3N2O2. The fourth-order valence-corrected chi connectivity index (χ4v) is 2.67. The van der Waals surface area contributed by atoms with Gasteiger partial charge in [0.25, 0.3) is 5.91 Å². The van der Waals surface area contributed by atoms with Crippen LogP contribution in [0.15, 0.2) is 42.0 Å². The quantitative estimate of drug-likeness (QED) is 0.530. The average Bonchev–Trinajstić information content (AvgIpc) is 2.57. The molecule has 0 heterocycles. The van der Waals surface area contributed by atoms with Gasteiger partial charge in [0.1, 0.15) is 17.4 Å². The monoisotopic (exact) mass is 394 g/mol. The Labute approximate surface area is 160 Å². The van der Waals surface area contributed by atoms with Gasteiger partial charge in [0.2, 0.25) is 0 Å². The second kappa shape index (κ2) is 8.77. The number of anilines is 1. The van der Waals surface area contributed by atoms with Gasteiger partial charge in [0.05, 0.1) is 22.3 Å². The first-order chi connectivity index (χ1) is 11.9. The van der Waals surface area contributed by atoms with Crippen molar-refractivity contribution in [1.82, 2.24) is 0 Å². The molecule has 4 nitrogen and oxygen atoms in total. The van der Waals surface area contributed by atoms with E-state index in [9.17, 15) is 10.1 Å². The Morgan fingerprint density at radius 3 is 2.56 bits per heavy atom. The number of nitrogens with zero attached hydrogens (tertiary/aromatic N) is 1. The lowest BCUT2D eigenvalue weighted by Crippen LogP contribution is -2.13. The van der Waals surface area contributed by atoms with E-state index in [0.29, 0.717) is 33.7 Å². The van der Waals surface area contributed by atoms with Gasteiger partial charge in [0.15, 0.2) is 0 Å². The van der Waals surface area contributed by atoms with E-state index < -0.39 is 5.91 Å². The Morgan fingerprint density at radius 1 is 1.20 bits per heavy atom. The van der Waals surface area contributed by atoms with Crippen molar-refractivity contribution < 1.29 is 9.53 Å². The van der Waals surface area contributed by atoms with Crippen molar-refractivity contribution in [3.8, 4) is 11.8 Å². The van der Waals surface area contributed by atoms with Crippen molar-refractivity contribution in [1.29, 1.82) is 5.26 Å². The number of rotatable bonds is 5. The number of carbonyl (C=O) groups excluding carboxylic acids is 1. The maximum absolute atomic E-state index is 12.3. The molecule has 0 saturated heterocycles. The second-order valence-corrected chi connectivity index (χ2v) is 6.12. The summed E-state index contributed by atoms with van der Waals surface area (Å²) >= 11 is 17.9. The van der Waals surface area contributed by atoms with Crippen LogP contribution >= 0.6 is 34.8 Å². The lowest BCUT2D eigenvalue weighted by Gasteiger charge is -2.08. The van der Waals surface area contributed by atoms with E-state index >= 15 is 0 Å². The van der Waals surface area contributed by atoms with Gasteiger partial charge in [-0.05, 0) is 48.9 Å². The highest BCUT2D eigenvalue weighted by molar-refractivity contribution is 6.37. The molecule has 0 radical (unpaired) electrons. The van der Waals surface area contributed by atoms with Crippen LogP contribution in [0.3, 0.4) is 0 Å². The van der Waals surface area contributed by atoms with E-state index in [1.807, 2.05) is 13.0 Å². The smallest absolute Gasteiger partial charge is 0.266 e. The van der Waals surface area contributed by atoms with Crippen LogP contribution in [0.1, 0.15) is 12.5 Å². The predicted molar refractivity (Wildman–Crippen MR) is 101 cm³/mol. The second-order valence-electron chi connectivity index (χ2n) is 4.87. The van der Waals surface area contributed by atoms with Crippen LogP contribution in [0.5, 0.6) is 5.75 Å². The summed E-state index contributed by atoms with van der Waals surface area (Å²) < 4.78 is 5.35. The van der Waals surface area contributed by atoms with Crippen LogP contribution in [-0.4, -0.2) is 12.5 Å². The van der Waals surface area contributed by atoms with Crippen molar-refractivity contribution in [2.75, 3.05) is 11.9 Å². The molecule has 128 valence electrons. The first-order valence-corrected chi connectivity index (χ1v) is 8.38. The Balaban J connectivity index is 2.23. The van der Waals surface area contributed by atoms with Crippen molar-refractivity contribution in [2.45, 2.75) is 6.92 Å². The summed E-state index contributed by atoms with van der Waals surface area (Å²) in [5, 5.41) is 13.0. The number of benzene rings is 2. The third-order valence-electron chi connectivity index (χ3n) is 3.11. The largest absolute Gasteiger partial charge is 0.492 e. The van der Waals surface area contributed by atoms with Gasteiger partial charge in [-0.3, -0.25) is 4.79 Å². The molecule has 0 bridgehead atoms. The number of nitriles is 1. The molecule has 0 saturated carbocycles. The minimum atomic E-state index is -0.586. The lowest BCUT2D eigenvalue weighted by atomic mass is 10.1. The SMILES string of the molecule is CCOc1ccc(/C=C(/C#N)C(=O)Nc2ccc(Cl)cc2Cl)cc1Cl. The van der Waals surface area contributed by atoms with Crippen LogP contribution in [0.25, 0.3) is 6.08 Å². The molecule has 2 aromatic carbocycles. The maximum atomic E-state index is 12.3. The van der Waals surface area contributed by atoms with Crippen LogP contribution < -0.4 is 10.1 Å². The molecule has 0 unspecified atom stereocenters. The molecule has 0 spiro atoms. The maximum Gasteiger partial charge on any atom is 0.266 e. The average molecular weight is 396 g/mol. The van der Waals surface area contributed by atoms with E-state index in [1.165, 1.54) is 12.1 Å². The summed E-state index contributed by atoms with van der Waals surface area (Å²) in [5.74, 6) is -0.0473. The molecule has 25 heavy (non-hydrogen) atoms. The first-order valence-electron chi connectivity index (χ1n) is 7.25. The van der Waals surface area contributed by atoms with Gasteiger partial charge in [-0.25, -0.2) is 0 Å². The molecule has 0 aliphatic heterocycles. The molecule has 2 rings (SSSR count). The fraction of sp³-hybridized carbons (Fsp3) is 0.111. The van der Waals surface area contributed by atoms with Gasteiger partial charge in [-0.2, -0.15) is 5.26 Å². The Hall–Kier alpha value is -2.19. The number of hydrogen-bond donors (Lipinski definition) is 1. The molecule has 1 N–H and O–H groups in total. The fourth-order valence-electron chi connectivity index (χ4n) is 1.98. The molecular weight excluding hydrogens is 383 g/mol. The molecule has 0 fully saturated rings. The van der Waals surface area contributed by atoms with E-state index in [2.05, 4.69) is 5.32 Å². The number of amides is 1. The number of hydrogen-bond acceptors (Lipinski definition) is 3. The summed E-state index contributed by atoms with van der Waals surface area (Å²) in [7, 11) is 0. The zero-order valence-corrected chi connectivity index (χ0v) is 15.4.